The summed E-state index contributed by atoms with van der Waals surface area (Å²) in [4.78, 5) is 26.5. The number of urea groups is 1. The van der Waals surface area contributed by atoms with E-state index < -0.39 is 11.0 Å². The van der Waals surface area contributed by atoms with E-state index in [1.807, 2.05) is 0 Å². The van der Waals surface area contributed by atoms with Crippen LogP contribution in [0.4, 0.5) is 16.2 Å². The van der Waals surface area contributed by atoms with E-state index in [0.717, 1.165) is 0 Å². The number of nitrogens with one attached hydrogen (secondary N) is 1. The zero-order chi connectivity index (χ0) is 22.2. The maximum atomic E-state index is 12.3. The summed E-state index contributed by atoms with van der Waals surface area (Å²) in [6.07, 6.45) is 0. The van der Waals surface area contributed by atoms with Gasteiger partial charge in [-0.2, -0.15) is 4.99 Å². The molecule has 0 spiro atoms. The SMILES string of the molecule is CCOC(=NC(=O)Nc1ccc(Oc2ccc([N+](=O)[O-])cc2)cc1)c1ccccc1Cl. The number of carbonyl (C=O) groups is 1. The third kappa shape index (κ3) is 6.03. The zero-order valence-electron chi connectivity index (χ0n) is 16.4. The molecule has 9 heteroatoms. The molecule has 3 rings (SSSR count). The van der Waals surface area contributed by atoms with Crippen molar-refractivity contribution in [2.75, 3.05) is 11.9 Å². The first-order valence-corrected chi connectivity index (χ1v) is 9.64. The number of hydrogen-bond acceptors (Lipinski definition) is 5. The van der Waals surface area contributed by atoms with Gasteiger partial charge in [-0.25, -0.2) is 4.79 Å². The molecule has 8 nitrogen and oxygen atoms in total. The molecule has 0 bridgehead atoms. The number of amides is 2. The lowest BCUT2D eigenvalue weighted by Crippen LogP contribution is -2.14. The van der Waals surface area contributed by atoms with Crippen molar-refractivity contribution in [2.24, 2.45) is 4.99 Å². The van der Waals surface area contributed by atoms with Gasteiger partial charge in [0.1, 0.15) is 11.5 Å². The monoisotopic (exact) mass is 439 g/mol. The first kappa shape index (κ1) is 21.8. The Hall–Kier alpha value is -3.91. The van der Waals surface area contributed by atoms with Gasteiger partial charge in [-0.15, -0.1) is 0 Å². The molecule has 0 aliphatic carbocycles. The number of nitro groups is 1. The predicted molar refractivity (Wildman–Crippen MR) is 118 cm³/mol. The van der Waals surface area contributed by atoms with E-state index in [4.69, 9.17) is 21.1 Å². The summed E-state index contributed by atoms with van der Waals surface area (Å²) in [5, 5.41) is 13.8. The number of nitro benzene ring substituents is 1. The molecule has 2 amide bonds. The van der Waals surface area contributed by atoms with Crippen molar-refractivity contribution in [3.8, 4) is 11.5 Å². The summed E-state index contributed by atoms with van der Waals surface area (Å²) in [6, 6.07) is 18.7. The Kier molecular flexibility index (Phi) is 7.18. The van der Waals surface area contributed by atoms with Crippen LogP contribution < -0.4 is 10.1 Å². The highest BCUT2D eigenvalue weighted by atomic mass is 35.5. The highest BCUT2D eigenvalue weighted by molar-refractivity contribution is 6.34. The van der Waals surface area contributed by atoms with Gasteiger partial charge in [-0.05, 0) is 55.5 Å². The summed E-state index contributed by atoms with van der Waals surface area (Å²) >= 11 is 6.17. The van der Waals surface area contributed by atoms with E-state index in [1.165, 1.54) is 24.3 Å². The van der Waals surface area contributed by atoms with Crippen molar-refractivity contribution in [3.63, 3.8) is 0 Å². The van der Waals surface area contributed by atoms with Crippen LogP contribution in [0.1, 0.15) is 12.5 Å². The lowest BCUT2D eigenvalue weighted by atomic mass is 10.2. The number of nitrogens with zero attached hydrogens (tertiary/aromatic N) is 2. The van der Waals surface area contributed by atoms with Crippen molar-refractivity contribution in [3.05, 3.63) is 93.5 Å². The van der Waals surface area contributed by atoms with Gasteiger partial charge in [0.15, 0.2) is 0 Å². The third-order valence-corrected chi connectivity index (χ3v) is 4.31. The van der Waals surface area contributed by atoms with Gasteiger partial charge in [0.25, 0.3) is 5.69 Å². The molecule has 158 valence electrons. The van der Waals surface area contributed by atoms with Crippen molar-refractivity contribution in [1.82, 2.24) is 0 Å². The molecule has 31 heavy (non-hydrogen) atoms. The quantitative estimate of drug-likeness (QED) is 0.218. The predicted octanol–water partition coefficient (Wildman–Crippen LogP) is 6.06. The van der Waals surface area contributed by atoms with E-state index in [9.17, 15) is 14.9 Å². The van der Waals surface area contributed by atoms with Crippen LogP contribution in [0.15, 0.2) is 77.8 Å². The Morgan fingerprint density at radius 2 is 1.65 bits per heavy atom. The first-order valence-electron chi connectivity index (χ1n) is 9.26. The van der Waals surface area contributed by atoms with Gasteiger partial charge in [0.05, 0.1) is 22.1 Å². The minimum atomic E-state index is -0.618. The molecule has 0 unspecified atom stereocenters. The molecule has 1 N–H and O–H groups in total. The number of rotatable bonds is 6. The fourth-order valence-electron chi connectivity index (χ4n) is 2.56. The fourth-order valence-corrected chi connectivity index (χ4v) is 2.78. The van der Waals surface area contributed by atoms with E-state index in [2.05, 4.69) is 10.3 Å². The molecule has 0 aliphatic heterocycles. The standard InChI is InChI=1S/C22H18ClN3O5/c1-2-30-21(19-5-3-4-6-20(19)23)25-22(27)24-15-7-11-17(12-8-15)31-18-13-9-16(10-14-18)26(28)29/h3-14H,2H2,1H3,(H,24,27). The van der Waals surface area contributed by atoms with Gasteiger partial charge < -0.3 is 14.8 Å². The van der Waals surface area contributed by atoms with Crippen LogP contribution >= 0.6 is 11.6 Å². The topological polar surface area (TPSA) is 103 Å². The van der Waals surface area contributed by atoms with Crippen molar-refractivity contribution >= 4 is 34.9 Å². The summed E-state index contributed by atoms with van der Waals surface area (Å²) in [6.45, 7) is 2.11. The molecule has 0 aromatic heterocycles. The Balaban J connectivity index is 1.67. The van der Waals surface area contributed by atoms with Crippen LogP contribution in [0.25, 0.3) is 0 Å². The second-order valence-corrected chi connectivity index (χ2v) is 6.54. The molecule has 0 radical (unpaired) electrons. The maximum Gasteiger partial charge on any atom is 0.348 e. The maximum absolute atomic E-state index is 12.3. The molecule has 0 saturated carbocycles. The molecule has 3 aromatic rings. The average Bonchev–Trinajstić information content (AvgIpc) is 2.75. The van der Waals surface area contributed by atoms with Crippen LogP contribution in [-0.2, 0) is 4.74 Å². The number of benzene rings is 3. The van der Waals surface area contributed by atoms with Crippen LogP contribution in [-0.4, -0.2) is 23.5 Å². The smallest absolute Gasteiger partial charge is 0.348 e. The highest BCUT2D eigenvalue weighted by Crippen LogP contribution is 2.25. The molecule has 0 fully saturated rings. The van der Waals surface area contributed by atoms with Crippen molar-refractivity contribution < 1.29 is 19.2 Å². The Bertz CT molecular complexity index is 1100. The van der Waals surface area contributed by atoms with Gasteiger partial charge in [-0.1, -0.05) is 23.7 Å². The minimum absolute atomic E-state index is 0.0193. The second kappa shape index (κ2) is 10.2. The number of hydrogen-bond donors (Lipinski definition) is 1. The van der Waals surface area contributed by atoms with Gasteiger partial charge in [0.2, 0.25) is 5.90 Å². The molecule has 0 saturated heterocycles. The summed E-state index contributed by atoms with van der Waals surface area (Å²) in [5.74, 6) is 1.08. The Morgan fingerprint density at radius 1 is 1.03 bits per heavy atom. The molecular formula is C22H18ClN3O5. The number of halogens is 1. The van der Waals surface area contributed by atoms with Crippen LogP contribution in [0.2, 0.25) is 5.02 Å². The third-order valence-electron chi connectivity index (χ3n) is 3.98. The van der Waals surface area contributed by atoms with E-state index in [-0.39, 0.29) is 11.6 Å². The first-order chi connectivity index (χ1) is 15.0. The molecule has 0 atom stereocenters. The normalized spacial score (nSPS) is 11.0. The average molecular weight is 440 g/mol. The van der Waals surface area contributed by atoms with Crippen molar-refractivity contribution in [1.29, 1.82) is 0 Å². The largest absolute Gasteiger partial charge is 0.477 e. The Morgan fingerprint density at radius 3 is 2.23 bits per heavy atom. The summed E-state index contributed by atoms with van der Waals surface area (Å²) in [7, 11) is 0. The van der Waals surface area contributed by atoms with Crippen LogP contribution in [0, 0.1) is 10.1 Å². The molecule has 0 aliphatic rings. The number of carbonyl (C=O) groups excluding carboxylic acids is 1. The summed E-state index contributed by atoms with van der Waals surface area (Å²) in [5.41, 5.74) is 1.00. The van der Waals surface area contributed by atoms with E-state index >= 15 is 0 Å². The summed E-state index contributed by atoms with van der Waals surface area (Å²) < 4.78 is 11.1. The minimum Gasteiger partial charge on any atom is -0.477 e. The highest BCUT2D eigenvalue weighted by Gasteiger charge is 2.12. The molecule has 3 aromatic carbocycles. The van der Waals surface area contributed by atoms with Gasteiger partial charge in [0, 0.05) is 17.8 Å². The molecule has 0 heterocycles. The molecular weight excluding hydrogens is 422 g/mol. The number of aliphatic imine (C=N–C) groups is 1. The van der Waals surface area contributed by atoms with E-state index in [0.29, 0.717) is 34.4 Å². The number of non-ortho nitro benzene ring substituents is 1. The lowest BCUT2D eigenvalue weighted by molar-refractivity contribution is -0.384. The number of ether oxygens (including phenoxy) is 2. The van der Waals surface area contributed by atoms with Crippen LogP contribution in [0.3, 0.4) is 0 Å². The number of anilines is 1. The van der Waals surface area contributed by atoms with E-state index in [1.54, 1.807) is 55.5 Å². The zero-order valence-corrected chi connectivity index (χ0v) is 17.2. The Labute approximate surface area is 183 Å². The van der Waals surface area contributed by atoms with Crippen LogP contribution in [0.5, 0.6) is 11.5 Å². The van der Waals surface area contributed by atoms with Crippen molar-refractivity contribution in [2.45, 2.75) is 6.92 Å². The lowest BCUT2D eigenvalue weighted by Gasteiger charge is -2.10. The fraction of sp³-hybridized carbons (Fsp3) is 0.0909. The van der Waals surface area contributed by atoms with Gasteiger partial charge in [-0.3, -0.25) is 10.1 Å². The second-order valence-electron chi connectivity index (χ2n) is 6.14. The van der Waals surface area contributed by atoms with Gasteiger partial charge >= 0.3 is 6.03 Å².